The molecule has 0 spiro atoms. The van der Waals surface area contributed by atoms with Gasteiger partial charge in [-0.3, -0.25) is 9.78 Å². The van der Waals surface area contributed by atoms with Crippen LogP contribution >= 0.6 is 0 Å². The zero-order chi connectivity index (χ0) is 32.5. The number of methoxy groups -OCH3 is 2. The summed E-state index contributed by atoms with van der Waals surface area (Å²) in [5, 5.41) is 5.76. The monoisotopic (exact) mass is 622 g/mol. The van der Waals surface area contributed by atoms with Crippen molar-refractivity contribution in [3.8, 4) is 17.0 Å². The lowest BCUT2D eigenvalue weighted by Crippen LogP contribution is -2.40. The SMILES string of the molecule is COCc1nc2c(N3CC[C@H](NC(=O)OC(C)(C)C)C3)c(NC(=O)c3ccnc(-c4c(F)cccc4OC)c3F)ccc2n1C. The number of pyridine rings is 1. The minimum absolute atomic E-state index is 0.0808. The molecule has 238 valence electrons. The molecule has 1 saturated heterocycles. The number of ether oxygens (including phenoxy) is 3. The van der Waals surface area contributed by atoms with Crippen molar-refractivity contribution in [2.45, 2.75) is 45.4 Å². The summed E-state index contributed by atoms with van der Waals surface area (Å²) in [7, 11) is 4.78. The highest BCUT2D eigenvalue weighted by Crippen LogP contribution is 2.38. The number of nitrogens with zero attached hydrogens (tertiary/aromatic N) is 4. The molecule has 13 heteroatoms. The molecule has 2 N–H and O–H groups in total. The van der Waals surface area contributed by atoms with Crippen molar-refractivity contribution in [2.24, 2.45) is 7.05 Å². The summed E-state index contributed by atoms with van der Waals surface area (Å²) < 4.78 is 48.5. The van der Waals surface area contributed by atoms with Crippen LogP contribution in [0.25, 0.3) is 22.3 Å². The molecule has 0 aliphatic carbocycles. The third-order valence-corrected chi connectivity index (χ3v) is 7.43. The number of anilines is 2. The predicted molar refractivity (Wildman–Crippen MR) is 166 cm³/mol. The standard InChI is InChI=1S/C32H36F2N6O5/c1-32(2,3)45-31(42)36-18-13-15-40(16-18)29-21(10-11-22-27(29)38-24(17-43-5)39(22)4)37-30(41)19-12-14-35-28(26(19)34)25-20(33)8-7-9-23(25)44-6/h7-12,14,18H,13,15-17H2,1-6H3,(H,36,42)(H,37,41)/t18-/m0/s1. The third kappa shape index (κ3) is 6.53. The lowest BCUT2D eigenvalue weighted by atomic mass is 10.1. The number of imidazole rings is 1. The molecule has 1 aliphatic heterocycles. The number of carbonyl (C=O) groups excluding carboxylic acids is 2. The largest absolute Gasteiger partial charge is 0.496 e. The summed E-state index contributed by atoms with van der Waals surface area (Å²) in [5.74, 6) is -1.75. The molecule has 45 heavy (non-hydrogen) atoms. The molecule has 3 heterocycles. The van der Waals surface area contributed by atoms with Crippen LogP contribution in [0.2, 0.25) is 0 Å². The lowest BCUT2D eigenvalue weighted by Gasteiger charge is -2.24. The van der Waals surface area contributed by atoms with Crippen LogP contribution in [0.4, 0.5) is 25.0 Å². The van der Waals surface area contributed by atoms with Gasteiger partial charge in [0.05, 0.1) is 41.2 Å². The maximum Gasteiger partial charge on any atom is 0.407 e. The van der Waals surface area contributed by atoms with Gasteiger partial charge in [0, 0.05) is 33.4 Å². The highest BCUT2D eigenvalue weighted by molar-refractivity contribution is 6.09. The van der Waals surface area contributed by atoms with Gasteiger partial charge in [0.25, 0.3) is 5.91 Å². The van der Waals surface area contributed by atoms with Crippen LogP contribution in [0.15, 0.2) is 42.6 Å². The van der Waals surface area contributed by atoms with Crippen LogP contribution in [0, 0.1) is 11.6 Å². The zero-order valence-electron chi connectivity index (χ0n) is 26.0. The fourth-order valence-corrected chi connectivity index (χ4v) is 5.41. The molecule has 2 aromatic carbocycles. The van der Waals surface area contributed by atoms with Gasteiger partial charge < -0.3 is 34.3 Å². The number of nitrogens with one attached hydrogen (secondary N) is 2. The summed E-state index contributed by atoms with van der Waals surface area (Å²) >= 11 is 0. The average molecular weight is 623 g/mol. The Kier molecular flexibility index (Phi) is 8.91. The van der Waals surface area contributed by atoms with Crippen LogP contribution in [0.1, 0.15) is 43.4 Å². The maximum atomic E-state index is 15.9. The fourth-order valence-electron chi connectivity index (χ4n) is 5.41. The normalized spacial score (nSPS) is 14.9. The Balaban J connectivity index is 1.51. The van der Waals surface area contributed by atoms with Crippen LogP contribution in [-0.2, 0) is 23.1 Å². The summed E-state index contributed by atoms with van der Waals surface area (Å²) in [5.41, 5.74) is 0.882. The number of halogens is 2. The van der Waals surface area contributed by atoms with Crippen molar-refractivity contribution in [3.05, 3.63) is 65.6 Å². The molecule has 1 aliphatic rings. The quantitative estimate of drug-likeness (QED) is 0.267. The third-order valence-electron chi connectivity index (χ3n) is 7.43. The Morgan fingerprint density at radius 2 is 1.89 bits per heavy atom. The molecule has 0 bridgehead atoms. The van der Waals surface area contributed by atoms with Gasteiger partial charge in [0.1, 0.15) is 40.8 Å². The predicted octanol–water partition coefficient (Wildman–Crippen LogP) is 5.42. The first kappa shape index (κ1) is 31.6. The van der Waals surface area contributed by atoms with Gasteiger partial charge in [-0.2, -0.15) is 0 Å². The van der Waals surface area contributed by atoms with E-state index in [1.165, 1.54) is 37.6 Å². The van der Waals surface area contributed by atoms with Gasteiger partial charge in [-0.05, 0) is 57.5 Å². The molecule has 0 saturated carbocycles. The molecular weight excluding hydrogens is 586 g/mol. The van der Waals surface area contributed by atoms with Gasteiger partial charge >= 0.3 is 6.09 Å². The number of hydrogen-bond donors (Lipinski definition) is 2. The topological polar surface area (TPSA) is 120 Å². The van der Waals surface area contributed by atoms with Gasteiger partial charge in [-0.15, -0.1) is 0 Å². The molecule has 0 radical (unpaired) electrons. The van der Waals surface area contributed by atoms with Crippen LogP contribution < -0.4 is 20.3 Å². The van der Waals surface area contributed by atoms with E-state index in [9.17, 15) is 14.0 Å². The molecule has 2 aromatic heterocycles. The van der Waals surface area contributed by atoms with Gasteiger partial charge in [0.2, 0.25) is 0 Å². The van der Waals surface area contributed by atoms with E-state index in [2.05, 4.69) is 15.6 Å². The molecule has 1 fully saturated rings. The molecule has 2 amide bonds. The average Bonchev–Trinajstić information content (AvgIpc) is 3.56. The van der Waals surface area contributed by atoms with Crippen LogP contribution in [0.5, 0.6) is 5.75 Å². The van der Waals surface area contributed by atoms with Crippen molar-refractivity contribution in [2.75, 3.05) is 37.5 Å². The van der Waals surface area contributed by atoms with Crippen molar-refractivity contribution in [1.82, 2.24) is 19.9 Å². The van der Waals surface area contributed by atoms with E-state index in [0.29, 0.717) is 42.2 Å². The summed E-state index contributed by atoms with van der Waals surface area (Å²) in [6.07, 6.45) is 1.34. The molecule has 5 rings (SSSR count). The zero-order valence-corrected chi connectivity index (χ0v) is 26.0. The molecule has 4 aromatic rings. The Labute approximate surface area is 259 Å². The number of amides is 2. The minimum atomic E-state index is -0.996. The molecule has 1 atom stereocenters. The van der Waals surface area contributed by atoms with E-state index in [-0.39, 0.29) is 35.2 Å². The number of hydrogen-bond acceptors (Lipinski definition) is 8. The minimum Gasteiger partial charge on any atom is -0.496 e. The Hall–Kier alpha value is -4.78. The Morgan fingerprint density at radius 3 is 2.60 bits per heavy atom. The smallest absolute Gasteiger partial charge is 0.407 e. The number of aryl methyl sites for hydroxylation is 1. The second-order valence-corrected chi connectivity index (χ2v) is 11.7. The number of benzene rings is 2. The Bertz CT molecular complexity index is 1750. The number of fused-ring (bicyclic) bond motifs is 1. The number of carbonyl (C=O) groups is 2. The summed E-state index contributed by atoms with van der Waals surface area (Å²) in [4.78, 5) is 37.0. The maximum absolute atomic E-state index is 15.9. The molecule has 11 nitrogen and oxygen atoms in total. The van der Waals surface area contributed by atoms with Crippen molar-refractivity contribution >= 4 is 34.4 Å². The van der Waals surface area contributed by atoms with E-state index in [1.807, 2.05) is 22.6 Å². The van der Waals surface area contributed by atoms with Crippen LogP contribution in [0.3, 0.4) is 0 Å². The lowest BCUT2D eigenvalue weighted by molar-refractivity contribution is 0.0509. The van der Waals surface area contributed by atoms with Crippen molar-refractivity contribution < 1.29 is 32.6 Å². The number of alkyl carbamates (subject to hydrolysis) is 1. The van der Waals surface area contributed by atoms with Crippen molar-refractivity contribution in [1.29, 1.82) is 0 Å². The Morgan fingerprint density at radius 1 is 1.11 bits per heavy atom. The highest BCUT2D eigenvalue weighted by atomic mass is 19.1. The first-order chi connectivity index (χ1) is 21.4. The van der Waals surface area contributed by atoms with E-state index in [0.717, 1.165) is 5.52 Å². The summed E-state index contributed by atoms with van der Waals surface area (Å²) in [6, 6.07) is 8.63. The van der Waals surface area contributed by atoms with E-state index in [4.69, 9.17) is 19.2 Å². The first-order valence-electron chi connectivity index (χ1n) is 14.4. The second kappa shape index (κ2) is 12.7. The van der Waals surface area contributed by atoms with E-state index < -0.39 is 29.2 Å². The molecule has 0 unspecified atom stereocenters. The highest BCUT2D eigenvalue weighted by Gasteiger charge is 2.31. The van der Waals surface area contributed by atoms with E-state index in [1.54, 1.807) is 33.9 Å². The second-order valence-electron chi connectivity index (χ2n) is 11.7. The van der Waals surface area contributed by atoms with Gasteiger partial charge in [-0.1, -0.05) is 6.07 Å². The number of rotatable bonds is 8. The van der Waals surface area contributed by atoms with Gasteiger partial charge in [-0.25, -0.2) is 18.6 Å². The van der Waals surface area contributed by atoms with E-state index >= 15 is 4.39 Å². The first-order valence-corrected chi connectivity index (χ1v) is 14.4. The molecular formula is C32H36F2N6O5. The summed E-state index contributed by atoms with van der Waals surface area (Å²) in [6.45, 7) is 6.60. The van der Waals surface area contributed by atoms with Gasteiger partial charge in [0.15, 0.2) is 5.82 Å². The number of aromatic nitrogens is 3. The fraction of sp³-hybridized carbons (Fsp3) is 0.375. The van der Waals surface area contributed by atoms with Crippen molar-refractivity contribution in [3.63, 3.8) is 0 Å². The van der Waals surface area contributed by atoms with Crippen LogP contribution in [-0.4, -0.2) is 65.5 Å².